The number of hydrogen-bond donors (Lipinski definition) is 1. The Balaban J connectivity index is 2.34. The Morgan fingerprint density at radius 2 is 2.21 bits per heavy atom. The summed E-state index contributed by atoms with van der Waals surface area (Å²) in [5, 5.41) is 19.7. The fraction of sp³-hybridized carbons (Fsp3) is 0.333. The molecule has 5 heteroatoms. The standard InChI is InChI=1S/C9H9NO4/c11-9-2-1-6(7-4-14-5-7)3-8(9)10(12)13/h1-3,7,11H,4-5H2. The van der Waals surface area contributed by atoms with E-state index in [-0.39, 0.29) is 17.4 Å². The molecule has 1 saturated heterocycles. The second-order valence-corrected chi connectivity index (χ2v) is 3.24. The number of phenolic OH excluding ortho intramolecular Hbond substituents is 1. The number of phenols is 1. The average molecular weight is 195 g/mol. The largest absolute Gasteiger partial charge is 0.502 e. The van der Waals surface area contributed by atoms with Gasteiger partial charge in [-0.1, -0.05) is 6.07 Å². The van der Waals surface area contributed by atoms with E-state index < -0.39 is 4.92 Å². The van der Waals surface area contributed by atoms with Crippen molar-refractivity contribution in [1.82, 2.24) is 0 Å². The number of aromatic hydroxyl groups is 1. The van der Waals surface area contributed by atoms with Gasteiger partial charge in [0.1, 0.15) is 0 Å². The highest BCUT2D eigenvalue weighted by Crippen LogP contribution is 2.32. The van der Waals surface area contributed by atoms with Gasteiger partial charge in [0.05, 0.1) is 18.1 Å². The Bertz CT molecular complexity index is 373. The van der Waals surface area contributed by atoms with Crippen molar-refractivity contribution in [2.75, 3.05) is 13.2 Å². The Hall–Kier alpha value is -1.62. The summed E-state index contributed by atoms with van der Waals surface area (Å²) >= 11 is 0. The summed E-state index contributed by atoms with van der Waals surface area (Å²) in [5.41, 5.74) is 0.607. The Morgan fingerprint density at radius 3 is 2.71 bits per heavy atom. The zero-order valence-corrected chi connectivity index (χ0v) is 7.34. The van der Waals surface area contributed by atoms with Crippen molar-refractivity contribution in [2.45, 2.75) is 5.92 Å². The molecule has 0 aliphatic carbocycles. The number of nitro benzene ring substituents is 1. The average Bonchev–Trinajstić information content (AvgIpc) is 2.04. The highest BCUT2D eigenvalue weighted by Gasteiger charge is 2.23. The Labute approximate surface area is 80.1 Å². The molecule has 1 N–H and O–H groups in total. The number of hydrogen-bond acceptors (Lipinski definition) is 4. The first kappa shape index (κ1) is 8.96. The van der Waals surface area contributed by atoms with Gasteiger partial charge in [0.25, 0.3) is 0 Å². The van der Waals surface area contributed by atoms with Crippen LogP contribution in [0.15, 0.2) is 18.2 Å². The lowest BCUT2D eigenvalue weighted by Gasteiger charge is -2.26. The normalized spacial score (nSPS) is 16.3. The molecule has 0 unspecified atom stereocenters. The number of nitrogens with zero attached hydrogens (tertiary/aromatic N) is 1. The van der Waals surface area contributed by atoms with Crippen LogP contribution in [0.4, 0.5) is 5.69 Å². The van der Waals surface area contributed by atoms with E-state index in [2.05, 4.69) is 0 Å². The van der Waals surface area contributed by atoms with Gasteiger partial charge in [-0.15, -0.1) is 0 Å². The van der Waals surface area contributed by atoms with Crippen LogP contribution in [0.3, 0.4) is 0 Å². The van der Waals surface area contributed by atoms with E-state index in [0.717, 1.165) is 5.56 Å². The number of rotatable bonds is 2. The van der Waals surface area contributed by atoms with Crippen molar-refractivity contribution in [3.63, 3.8) is 0 Å². The zero-order chi connectivity index (χ0) is 10.1. The number of nitro groups is 1. The molecule has 1 aromatic rings. The molecule has 0 saturated carbocycles. The fourth-order valence-corrected chi connectivity index (χ4v) is 1.37. The van der Waals surface area contributed by atoms with Crippen molar-refractivity contribution in [2.24, 2.45) is 0 Å². The Morgan fingerprint density at radius 1 is 1.50 bits per heavy atom. The molecule has 0 amide bonds. The molecule has 74 valence electrons. The topological polar surface area (TPSA) is 72.6 Å². The molecule has 0 bridgehead atoms. The van der Waals surface area contributed by atoms with Gasteiger partial charge >= 0.3 is 5.69 Å². The predicted octanol–water partition coefficient (Wildman–Crippen LogP) is 1.41. The third-order valence-electron chi connectivity index (χ3n) is 2.31. The molecule has 1 heterocycles. The number of ether oxygens (including phenoxy) is 1. The first-order valence-corrected chi connectivity index (χ1v) is 4.23. The lowest BCUT2D eigenvalue weighted by Crippen LogP contribution is -2.24. The second kappa shape index (κ2) is 3.26. The van der Waals surface area contributed by atoms with Crippen molar-refractivity contribution >= 4 is 5.69 Å². The predicted molar refractivity (Wildman–Crippen MR) is 48.3 cm³/mol. The van der Waals surface area contributed by atoms with Crippen molar-refractivity contribution in [3.8, 4) is 5.75 Å². The van der Waals surface area contributed by atoms with Crippen LogP contribution in [0.5, 0.6) is 5.75 Å². The lowest BCUT2D eigenvalue weighted by atomic mass is 9.97. The van der Waals surface area contributed by atoms with E-state index in [0.29, 0.717) is 13.2 Å². The molecule has 1 aliphatic rings. The summed E-state index contributed by atoms with van der Waals surface area (Å²) in [4.78, 5) is 9.93. The SMILES string of the molecule is O=[N+]([O-])c1cc(C2COC2)ccc1O. The van der Waals surface area contributed by atoms with E-state index in [1.54, 1.807) is 6.07 Å². The van der Waals surface area contributed by atoms with Gasteiger partial charge in [-0.3, -0.25) is 10.1 Å². The summed E-state index contributed by atoms with van der Waals surface area (Å²) in [6, 6.07) is 4.45. The summed E-state index contributed by atoms with van der Waals surface area (Å²) < 4.78 is 4.99. The van der Waals surface area contributed by atoms with Gasteiger partial charge in [0.15, 0.2) is 5.75 Å². The van der Waals surface area contributed by atoms with Gasteiger partial charge in [0, 0.05) is 12.0 Å². The molecule has 1 fully saturated rings. The van der Waals surface area contributed by atoms with E-state index in [9.17, 15) is 15.2 Å². The molecule has 2 rings (SSSR count). The van der Waals surface area contributed by atoms with E-state index in [4.69, 9.17) is 4.74 Å². The molecule has 1 aliphatic heterocycles. The maximum atomic E-state index is 10.5. The minimum atomic E-state index is -0.585. The quantitative estimate of drug-likeness (QED) is 0.572. The van der Waals surface area contributed by atoms with Crippen LogP contribution >= 0.6 is 0 Å². The minimum absolute atomic E-state index is 0.231. The van der Waals surface area contributed by atoms with Gasteiger partial charge < -0.3 is 9.84 Å². The highest BCUT2D eigenvalue weighted by atomic mass is 16.6. The van der Waals surface area contributed by atoms with Gasteiger partial charge in [-0.2, -0.15) is 0 Å². The molecule has 1 aromatic carbocycles. The smallest absolute Gasteiger partial charge is 0.310 e. The van der Waals surface area contributed by atoms with E-state index in [1.807, 2.05) is 0 Å². The van der Waals surface area contributed by atoms with Crippen LogP contribution in [0.25, 0.3) is 0 Å². The summed E-state index contributed by atoms with van der Waals surface area (Å²) in [7, 11) is 0. The van der Waals surface area contributed by atoms with Crippen LogP contribution in [0.1, 0.15) is 11.5 Å². The molecular formula is C9H9NO4. The van der Waals surface area contributed by atoms with Crippen molar-refractivity contribution < 1.29 is 14.8 Å². The maximum Gasteiger partial charge on any atom is 0.310 e. The van der Waals surface area contributed by atoms with E-state index in [1.165, 1.54) is 12.1 Å². The molecule has 0 atom stereocenters. The highest BCUT2D eigenvalue weighted by molar-refractivity contribution is 5.48. The van der Waals surface area contributed by atoms with Gasteiger partial charge in [-0.05, 0) is 11.6 Å². The third-order valence-corrected chi connectivity index (χ3v) is 2.31. The first-order chi connectivity index (χ1) is 6.68. The minimum Gasteiger partial charge on any atom is -0.502 e. The molecular weight excluding hydrogens is 186 g/mol. The molecule has 0 radical (unpaired) electrons. The molecule has 5 nitrogen and oxygen atoms in total. The van der Waals surface area contributed by atoms with Gasteiger partial charge in [-0.25, -0.2) is 0 Å². The first-order valence-electron chi connectivity index (χ1n) is 4.23. The zero-order valence-electron chi connectivity index (χ0n) is 7.34. The Kier molecular flexibility index (Phi) is 2.09. The van der Waals surface area contributed by atoms with Crippen molar-refractivity contribution in [1.29, 1.82) is 0 Å². The maximum absolute atomic E-state index is 10.5. The number of benzene rings is 1. The molecule has 14 heavy (non-hydrogen) atoms. The third kappa shape index (κ3) is 1.42. The summed E-state index contributed by atoms with van der Waals surface area (Å²) in [6.45, 7) is 1.20. The second-order valence-electron chi connectivity index (χ2n) is 3.24. The van der Waals surface area contributed by atoms with Crippen LogP contribution in [-0.4, -0.2) is 23.2 Å². The van der Waals surface area contributed by atoms with Gasteiger partial charge in [0.2, 0.25) is 0 Å². The molecule has 0 aromatic heterocycles. The fourth-order valence-electron chi connectivity index (χ4n) is 1.37. The molecule has 0 spiro atoms. The van der Waals surface area contributed by atoms with Crippen molar-refractivity contribution in [3.05, 3.63) is 33.9 Å². The van der Waals surface area contributed by atoms with E-state index >= 15 is 0 Å². The monoisotopic (exact) mass is 195 g/mol. The van der Waals surface area contributed by atoms with Crippen LogP contribution in [-0.2, 0) is 4.74 Å². The lowest BCUT2D eigenvalue weighted by molar-refractivity contribution is -0.386. The van der Waals surface area contributed by atoms with Crippen LogP contribution < -0.4 is 0 Å². The summed E-state index contributed by atoms with van der Waals surface area (Å²) in [5.74, 6) is -0.0618. The summed E-state index contributed by atoms with van der Waals surface area (Å²) in [6.07, 6.45) is 0. The van der Waals surface area contributed by atoms with Crippen LogP contribution in [0, 0.1) is 10.1 Å². The van der Waals surface area contributed by atoms with Crippen LogP contribution in [0.2, 0.25) is 0 Å².